The zero-order chi connectivity index (χ0) is 22.6. The van der Waals surface area contributed by atoms with Crippen LogP contribution in [0.2, 0.25) is 0 Å². The highest BCUT2D eigenvalue weighted by Gasteiger charge is 2.42. The summed E-state index contributed by atoms with van der Waals surface area (Å²) in [7, 11) is 3.94. The molecule has 33 heavy (non-hydrogen) atoms. The van der Waals surface area contributed by atoms with Crippen LogP contribution in [0.15, 0.2) is 29.3 Å². The second-order valence-corrected chi connectivity index (χ2v) is 9.79. The van der Waals surface area contributed by atoms with E-state index in [-0.39, 0.29) is 11.0 Å². The number of hydrogen-bond acceptors (Lipinski definition) is 8. The number of likely N-dealkylation sites (N-methyl/N-ethyl adjacent to an activating group) is 1. The van der Waals surface area contributed by atoms with E-state index in [2.05, 4.69) is 27.1 Å². The number of aromatic nitrogens is 4. The van der Waals surface area contributed by atoms with Crippen molar-refractivity contribution in [2.75, 3.05) is 50.1 Å². The second kappa shape index (κ2) is 7.78. The van der Waals surface area contributed by atoms with Crippen LogP contribution in [0.3, 0.4) is 0 Å². The molecule has 6 heterocycles. The lowest BCUT2D eigenvalue weighted by molar-refractivity contribution is -0.117. The maximum Gasteiger partial charge on any atom is 0.274 e. The van der Waals surface area contributed by atoms with E-state index in [0.29, 0.717) is 11.6 Å². The average Bonchev–Trinajstić information content (AvgIpc) is 2.81. The molecule has 3 aromatic rings. The minimum atomic E-state index is -0.0589. The molecule has 1 spiro atoms. The Kier molecular flexibility index (Phi) is 4.84. The van der Waals surface area contributed by atoms with Crippen LogP contribution in [0.1, 0.15) is 24.1 Å². The van der Waals surface area contributed by atoms with Crippen molar-refractivity contribution in [3.8, 4) is 0 Å². The first-order valence-electron chi connectivity index (χ1n) is 11.6. The second-order valence-electron chi connectivity index (χ2n) is 9.79. The third kappa shape index (κ3) is 3.55. The molecule has 2 fully saturated rings. The molecule has 0 atom stereocenters. The smallest absolute Gasteiger partial charge is 0.274 e. The van der Waals surface area contributed by atoms with E-state index in [9.17, 15) is 4.79 Å². The number of pyridine rings is 2. The summed E-state index contributed by atoms with van der Waals surface area (Å²) in [4.78, 5) is 31.6. The minimum absolute atomic E-state index is 0.0589. The Morgan fingerprint density at radius 2 is 2.06 bits per heavy atom. The van der Waals surface area contributed by atoms with Crippen LogP contribution in [0.4, 0.5) is 17.5 Å². The Morgan fingerprint density at radius 1 is 1.18 bits per heavy atom. The Balaban J connectivity index is 1.35. The van der Waals surface area contributed by atoms with Gasteiger partial charge < -0.3 is 24.4 Å². The molecule has 6 rings (SSSR count). The SMILES string of the molecule is CN1CCc2c(cc(Nc3ncc4ccnc(N5CCCC6(COC6)C5)c4n3)c(=O)n2C)C1. The lowest BCUT2D eigenvalue weighted by Crippen LogP contribution is -2.54. The van der Waals surface area contributed by atoms with Gasteiger partial charge in [-0.2, -0.15) is 0 Å². The van der Waals surface area contributed by atoms with Crippen LogP contribution in [-0.2, 0) is 24.8 Å². The number of hydrogen-bond donors (Lipinski definition) is 1. The van der Waals surface area contributed by atoms with Gasteiger partial charge in [0.1, 0.15) is 11.2 Å². The molecule has 172 valence electrons. The number of nitrogens with zero attached hydrogens (tertiary/aromatic N) is 6. The van der Waals surface area contributed by atoms with Crippen LogP contribution in [0.25, 0.3) is 10.9 Å². The van der Waals surface area contributed by atoms with Crippen molar-refractivity contribution in [2.45, 2.75) is 25.8 Å². The van der Waals surface area contributed by atoms with Gasteiger partial charge in [0.05, 0.1) is 13.2 Å². The molecule has 2 saturated heterocycles. The van der Waals surface area contributed by atoms with Crippen LogP contribution in [0, 0.1) is 5.41 Å². The highest BCUT2D eigenvalue weighted by atomic mass is 16.5. The summed E-state index contributed by atoms with van der Waals surface area (Å²) in [5.74, 6) is 1.29. The summed E-state index contributed by atoms with van der Waals surface area (Å²) >= 11 is 0. The number of nitrogens with one attached hydrogen (secondary N) is 1. The van der Waals surface area contributed by atoms with Gasteiger partial charge >= 0.3 is 0 Å². The standard InChI is InChI=1S/C24H29N7O2/c1-29-9-5-19-17(12-29)10-18(22(32)30(19)2)27-23-26-11-16-4-7-25-21(20(16)28-23)31-8-3-6-24(13-31)14-33-15-24/h4,7,10-11H,3,5-6,8-9,12-15H2,1-2H3,(H,26,27,28). The Hall–Kier alpha value is -3.04. The number of anilines is 3. The molecular weight excluding hydrogens is 418 g/mol. The maximum atomic E-state index is 13.0. The zero-order valence-electron chi connectivity index (χ0n) is 19.2. The quantitative estimate of drug-likeness (QED) is 0.653. The third-order valence-electron chi connectivity index (χ3n) is 7.30. The molecule has 0 saturated carbocycles. The fourth-order valence-corrected chi connectivity index (χ4v) is 5.43. The predicted molar refractivity (Wildman–Crippen MR) is 127 cm³/mol. The highest BCUT2D eigenvalue weighted by molar-refractivity contribution is 5.89. The fourth-order valence-electron chi connectivity index (χ4n) is 5.43. The van der Waals surface area contributed by atoms with Gasteiger partial charge in [-0.25, -0.2) is 15.0 Å². The first-order valence-corrected chi connectivity index (χ1v) is 11.6. The van der Waals surface area contributed by atoms with Gasteiger partial charge in [-0.15, -0.1) is 0 Å². The minimum Gasteiger partial charge on any atom is -0.380 e. The lowest BCUT2D eigenvalue weighted by atomic mass is 9.78. The molecule has 9 nitrogen and oxygen atoms in total. The fraction of sp³-hybridized carbons (Fsp3) is 0.500. The molecule has 0 aromatic carbocycles. The first kappa shape index (κ1) is 20.6. The topological polar surface area (TPSA) is 88.4 Å². The third-order valence-corrected chi connectivity index (χ3v) is 7.30. The summed E-state index contributed by atoms with van der Waals surface area (Å²) in [5.41, 5.74) is 3.77. The van der Waals surface area contributed by atoms with Gasteiger partial charge in [0.15, 0.2) is 5.82 Å². The van der Waals surface area contributed by atoms with E-state index < -0.39 is 0 Å². The first-order chi connectivity index (χ1) is 16.0. The van der Waals surface area contributed by atoms with E-state index in [0.717, 1.165) is 80.2 Å². The van der Waals surface area contributed by atoms with Crippen LogP contribution in [-0.4, -0.2) is 64.3 Å². The summed E-state index contributed by atoms with van der Waals surface area (Å²) in [5, 5.41) is 4.14. The van der Waals surface area contributed by atoms with Gasteiger partial charge in [-0.3, -0.25) is 4.79 Å². The van der Waals surface area contributed by atoms with E-state index in [4.69, 9.17) is 14.7 Å². The number of ether oxygens (including phenoxy) is 1. The lowest BCUT2D eigenvalue weighted by Gasteiger charge is -2.48. The maximum absolute atomic E-state index is 13.0. The van der Waals surface area contributed by atoms with Crippen molar-refractivity contribution in [1.29, 1.82) is 0 Å². The van der Waals surface area contributed by atoms with E-state index >= 15 is 0 Å². The van der Waals surface area contributed by atoms with E-state index in [1.807, 2.05) is 25.4 Å². The number of piperidine rings is 1. The average molecular weight is 448 g/mol. The summed E-state index contributed by atoms with van der Waals surface area (Å²) in [6.07, 6.45) is 6.83. The Morgan fingerprint density at radius 3 is 2.88 bits per heavy atom. The van der Waals surface area contributed by atoms with Crippen LogP contribution < -0.4 is 15.8 Å². The van der Waals surface area contributed by atoms with Crippen molar-refractivity contribution >= 4 is 28.4 Å². The molecule has 9 heteroatoms. The van der Waals surface area contributed by atoms with Crippen LogP contribution in [0.5, 0.6) is 0 Å². The highest BCUT2D eigenvalue weighted by Crippen LogP contribution is 2.39. The largest absolute Gasteiger partial charge is 0.380 e. The molecule has 3 aliphatic rings. The van der Waals surface area contributed by atoms with Crippen molar-refractivity contribution in [3.05, 3.63) is 46.1 Å². The molecule has 0 aliphatic carbocycles. The molecule has 3 aliphatic heterocycles. The Bertz CT molecular complexity index is 1280. The summed E-state index contributed by atoms with van der Waals surface area (Å²) in [6.45, 7) is 5.33. The van der Waals surface area contributed by atoms with Gasteiger partial charge in [0, 0.05) is 68.5 Å². The van der Waals surface area contributed by atoms with Gasteiger partial charge in [-0.1, -0.05) is 0 Å². The van der Waals surface area contributed by atoms with E-state index in [1.54, 1.807) is 10.8 Å². The van der Waals surface area contributed by atoms with Gasteiger partial charge in [0.2, 0.25) is 5.95 Å². The Labute approximate surface area is 192 Å². The van der Waals surface area contributed by atoms with Gasteiger partial charge in [-0.05, 0) is 37.6 Å². The molecule has 0 radical (unpaired) electrons. The molecule has 0 amide bonds. The zero-order valence-corrected chi connectivity index (χ0v) is 19.2. The molecule has 3 aromatic heterocycles. The summed E-state index contributed by atoms with van der Waals surface area (Å²) < 4.78 is 7.28. The molecule has 1 N–H and O–H groups in total. The molecular formula is C24H29N7O2. The van der Waals surface area contributed by atoms with Gasteiger partial charge in [0.25, 0.3) is 5.56 Å². The van der Waals surface area contributed by atoms with Crippen molar-refractivity contribution in [1.82, 2.24) is 24.4 Å². The normalized spacial score (nSPS) is 20.0. The van der Waals surface area contributed by atoms with Crippen molar-refractivity contribution in [3.63, 3.8) is 0 Å². The summed E-state index contributed by atoms with van der Waals surface area (Å²) in [6, 6.07) is 3.89. The monoisotopic (exact) mass is 447 g/mol. The number of fused-ring (bicyclic) bond motifs is 2. The van der Waals surface area contributed by atoms with E-state index in [1.165, 1.54) is 6.42 Å². The molecule has 0 unspecified atom stereocenters. The predicted octanol–water partition coefficient (Wildman–Crippen LogP) is 2.07. The van der Waals surface area contributed by atoms with Crippen molar-refractivity contribution < 1.29 is 4.74 Å². The molecule has 0 bridgehead atoms. The van der Waals surface area contributed by atoms with Crippen LogP contribution >= 0.6 is 0 Å². The number of rotatable bonds is 3. The van der Waals surface area contributed by atoms with Crippen molar-refractivity contribution in [2.24, 2.45) is 12.5 Å².